The van der Waals surface area contributed by atoms with E-state index in [-0.39, 0.29) is 5.41 Å². The van der Waals surface area contributed by atoms with E-state index in [0.29, 0.717) is 5.78 Å². The van der Waals surface area contributed by atoms with Crippen LogP contribution in [0.2, 0.25) is 0 Å². The highest BCUT2D eigenvalue weighted by Crippen LogP contribution is 2.59. The zero-order chi connectivity index (χ0) is 11.6. The van der Waals surface area contributed by atoms with Crippen molar-refractivity contribution >= 4 is 5.78 Å². The van der Waals surface area contributed by atoms with Gasteiger partial charge in [-0.25, -0.2) is 0 Å². The van der Waals surface area contributed by atoms with Crippen LogP contribution in [-0.4, -0.2) is 5.78 Å². The molecule has 1 atom stereocenters. The molecule has 0 aromatic rings. The molecule has 2 aliphatic carbocycles. The summed E-state index contributed by atoms with van der Waals surface area (Å²) in [7, 11) is 0. The SMILES string of the molecule is CCCCC1=C(CCCC)C2(CCC2=O)C1. The van der Waals surface area contributed by atoms with E-state index in [4.69, 9.17) is 0 Å². The van der Waals surface area contributed by atoms with Crippen LogP contribution in [0.1, 0.15) is 71.6 Å². The summed E-state index contributed by atoms with van der Waals surface area (Å²) in [5, 5.41) is 0. The van der Waals surface area contributed by atoms with Gasteiger partial charge in [0.2, 0.25) is 0 Å². The Kier molecular flexibility index (Phi) is 3.51. The fourth-order valence-electron chi connectivity index (χ4n) is 3.24. The van der Waals surface area contributed by atoms with E-state index in [9.17, 15) is 4.79 Å². The van der Waals surface area contributed by atoms with Crippen molar-refractivity contribution in [3.05, 3.63) is 11.1 Å². The molecule has 2 rings (SSSR count). The van der Waals surface area contributed by atoms with Crippen LogP contribution < -0.4 is 0 Å². The van der Waals surface area contributed by atoms with Crippen molar-refractivity contribution in [3.8, 4) is 0 Å². The number of hydrogen-bond donors (Lipinski definition) is 0. The quantitative estimate of drug-likeness (QED) is 0.606. The van der Waals surface area contributed by atoms with Crippen LogP contribution in [0.5, 0.6) is 0 Å². The normalized spacial score (nSPS) is 28.2. The summed E-state index contributed by atoms with van der Waals surface area (Å²) in [4.78, 5) is 11.8. The molecule has 0 radical (unpaired) electrons. The molecule has 1 fully saturated rings. The lowest BCUT2D eigenvalue weighted by molar-refractivity contribution is -0.137. The van der Waals surface area contributed by atoms with Crippen LogP contribution in [0, 0.1) is 5.41 Å². The van der Waals surface area contributed by atoms with E-state index in [1.165, 1.54) is 38.5 Å². The van der Waals surface area contributed by atoms with Gasteiger partial charge in [-0.3, -0.25) is 4.79 Å². The number of hydrogen-bond acceptors (Lipinski definition) is 1. The van der Waals surface area contributed by atoms with Gasteiger partial charge in [-0.15, -0.1) is 0 Å². The first-order valence-corrected chi connectivity index (χ1v) is 6.99. The number of carbonyl (C=O) groups is 1. The smallest absolute Gasteiger partial charge is 0.143 e. The number of unbranched alkanes of at least 4 members (excludes halogenated alkanes) is 2. The summed E-state index contributed by atoms with van der Waals surface area (Å²) in [6.07, 6.45) is 10.6. The second-order valence-electron chi connectivity index (χ2n) is 5.47. The molecule has 0 aromatic heterocycles. The Bertz CT molecular complexity index is 313. The molecule has 1 unspecified atom stereocenters. The minimum Gasteiger partial charge on any atom is -0.299 e. The van der Waals surface area contributed by atoms with Crippen molar-refractivity contribution in [1.82, 2.24) is 0 Å². The largest absolute Gasteiger partial charge is 0.299 e. The van der Waals surface area contributed by atoms with Gasteiger partial charge in [0.1, 0.15) is 5.78 Å². The Labute approximate surface area is 99.3 Å². The third-order valence-electron chi connectivity index (χ3n) is 4.44. The molecule has 16 heavy (non-hydrogen) atoms. The lowest BCUT2D eigenvalue weighted by Crippen LogP contribution is -2.48. The van der Waals surface area contributed by atoms with Gasteiger partial charge in [-0.2, -0.15) is 0 Å². The molecule has 0 saturated heterocycles. The standard InChI is InChI=1S/C15H24O/c1-3-5-7-12-11-15(10-9-14(15)16)13(12)8-6-4-2/h3-11H2,1-2H3. The molecule has 0 amide bonds. The highest BCUT2D eigenvalue weighted by molar-refractivity contribution is 5.95. The molecule has 2 aliphatic rings. The van der Waals surface area contributed by atoms with Crippen molar-refractivity contribution in [3.63, 3.8) is 0 Å². The molecule has 1 nitrogen and oxygen atoms in total. The van der Waals surface area contributed by atoms with Gasteiger partial charge in [0.15, 0.2) is 0 Å². The predicted molar refractivity (Wildman–Crippen MR) is 67.4 cm³/mol. The first kappa shape index (κ1) is 11.9. The molecule has 1 spiro atoms. The van der Waals surface area contributed by atoms with E-state index >= 15 is 0 Å². The Morgan fingerprint density at radius 2 is 1.81 bits per heavy atom. The summed E-state index contributed by atoms with van der Waals surface area (Å²) < 4.78 is 0. The number of ketones is 1. The van der Waals surface area contributed by atoms with Crippen LogP contribution in [0.4, 0.5) is 0 Å². The van der Waals surface area contributed by atoms with Crippen LogP contribution in [0.3, 0.4) is 0 Å². The Morgan fingerprint density at radius 1 is 1.12 bits per heavy atom. The van der Waals surface area contributed by atoms with Gasteiger partial charge >= 0.3 is 0 Å². The molecular weight excluding hydrogens is 196 g/mol. The van der Waals surface area contributed by atoms with Crippen molar-refractivity contribution in [2.45, 2.75) is 71.6 Å². The van der Waals surface area contributed by atoms with Gasteiger partial charge in [-0.1, -0.05) is 37.8 Å². The summed E-state index contributed by atoms with van der Waals surface area (Å²) >= 11 is 0. The summed E-state index contributed by atoms with van der Waals surface area (Å²) in [6, 6.07) is 0. The maximum absolute atomic E-state index is 11.8. The average molecular weight is 220 g/mol. The fraction of sp³-hybridized carbons (Fsp3) is 0.800. The molecule has 0 heterocycles. The molecule has 0 aromatic carbocycles. The first-order valence-electron chi connectivity index (χ1n) is 6.99. The molecule has 1 heteroatoms. The van der Waals surface area contributed by atoms with E-state index < -0.39 is 0 Å². The second-order valence-corrected chi connectivity index (χ2v) is 5.47. The maximum atomic E-state index is 11.8. The van der Waals surface area contributed by atoms with Gasteiger partial charge < -0.3 is 0 Å². The molecule has 0 N–H and O–H groups in total. The minimum atomic E-state index is 0.0816. The number of rotatable bonds is 6. The van der Waals surface area contributed by atoms with Crippen LogP contribution in [0.25, 0.3) is 0 Å². The lowest BCUT2D eigenvalue weighted by atomic mass is 9.51. The highest BCUT2D eigenvalue weighted by Gasteiger charge is 2.54. The molecule has 1 saturated carbocycles. The van der Waals surface area contributed by atoms with Crippen molar-refractivity contribution in [2.24, 2.45) is 5.41 Å². The van der Waals surface area contributed by atoms with Crippen LogP contribution in [-0.2, 0) is 4.79 Å². The van der Waals surface area contributed by atoms with E-state index in [1.54, 1.807) is 11.1 Å². The number of Topliss-reactive ketones (excluding diaryl/α,β-unsaturated/α-hetero) is 1. The summed E-state index contributed by atoms with van der Waals surface area (Å²) in [5.41, 5.74) is 3.29. The Hall–Kier alpha value is -0.590. The van der Waals surface area contributed by atoms with Crippen LogP contribution in [0.15, 0.2) is 11.1 Å². The summed E-state index contributed by atoms with van der Waals surface area (Å²) in [5.74, 6) is 0.541. The van der Waals surface area contributed by atoms with Gasteiger partial charge in [0.25, 0.3) is 0 Å². The topological polar surface area (TPSA) is 17.1 Å². The third kappa shape index (κ3) is 1.74. The van der Waals surface area contributed by atoms with E-state index in [2.05, 4.69) is 13.8 Å². The van der Waals surface area contributed by atoms with Crippen molar-refractivity contribution in [2.75, 3.05) is 0 Å². The molecular formula is C15H24O. The van der Waals surface area contributed by atoms with E-state index in [0.717, 1.165) is 19.3 Å². The molecule has 0 aliphatic heterocycles. The van der Waals surface area contributed by atoms with Gasteiger partial charge in [-0.05, 0) is 38.5 Å². The van der Waals surface area contributed by atoms with Crippen molar-refractivity contribution < 1.29 is 4.79 Å². The Balaban J connectivity index is 2.04. The zero-order valence-electron chi connectivity index (χ0n) is 10.8. The lowest BCUT2D eigenvalue weighted by Gasteiger charge is -2.51. The first-order chi connectivity index (χ1) is 7.74. The van der Waals surface area contributed by atoms with Gasteiger partial charge in [0.05, 0.1) is 5.41 Å². The zero-order valence-corrected chi connectivity index (χ0v) is 10.8. The van der Waals surface area contributed by atoms with Gasteiger partial charge in [0, 0.05) is 6.42 Å². The fourth-order valence-corrected chi connectivity index (χ4v) is 3.24. The highest BCUT2D eigenvalue weighted by atomic mass is 16.1. The predicted octanol–water partition coefficient (Wildman–Crippen LogP) is 4.42. The monoisotopic (exact) mass is 220 g/mol. The maximum Gasteiger partial charge on any atom is 0.143 e. The third-order valence-corrected chi connectivity index (χ3v) is 4.44. The molecule has 90 valence electrons. The number of carbonyl (C=O) groups excluding carboxylic acids is 1. The second kappa shape index (κ2) is 4.73. The van der Waals surface area contributed by atoms with Crippen molar-refractivity contribution in [1.29, 1.82) is 0 Å². The van der Waals surface area contributed by atoms with Crippen LogP contribution >= 0.6 is 0 Å². The number of allylic oxidation sites excluding steroid dienone is 2. The minimum absolute atomic E-state index is 0.0816. The average Bonchev–Trinajstić information content (AvgIpc) is 2.26. The van der Waals surface area contributed by atoms with E-state index in [1.807, 2.05) is 0 Å². The Morgan fingerprint density at radius 3 is 2.31 bits per heavy atom. The molecule has 0 bridgehead atoms. The summed E-state index contributed by atoms with van der Waals surface area (Å²) in [6.45, 7) is 4.48.